The van der Waals surface area contributed by atoms with Crippen LogP contribution >= 0.6 is 11.8 Å². The third-order valence-corrected chi connectivity index (χ3v) is 6.18. The first-order valence-electron chi connectivity index (χ1n) is 9.85. The van der Waals surface area contributed by atoms with Crippen LogP contribution < -0.4 is 9.64 Å². The lowest BCUT2D eigenvalue weighted by atomic mass is 10.2. The summed E-state index contributed by atoms with van der Waals surface area (Å²) in [5.74, 6) is 2.24. The van der Waals surface area contributed by atoms with Crippen molar-refractivity contribution in [1.29, 1.82) is 0 Å². The van der Waals surface area contributed by atoms with Crippen molar-refractivity contribution in [2.24, 2.45) is 0 Å². The molecule has 7 nitrogen and oxygen atoms in total. The number of benzene rings is 1. The quantitative estimate of drug-likeness (QED) is 0.634. The Balaban J connectivity index is 1.37. The molecule has 1 saturated heterocycles. The zero-order valence-electron chi connectivity index (χ0n) is 16.5. The number of rotatable bonds is 8. The van der Waals surface area contributed by atoms with Gasteiger partial charge in [-0.2, -0.15) is 0 Å². The maximum atomic E-state index is 12.6. The maximum Gasteiger partial charge on any atom is 0.233 e. The number of nitrogens with zero attached hydrogens (tertiary/aromatic N) is 5. The second kappa shape index (κ2) is 8.43. The first-order chi connectivity index (χ1) is 13.7. The van der Waals surface area contributed by atoms with Crippen molar-refractivity contribution < 1.29 is 9.53 Å². The molecule has 28 heavy (non-hydrogen) atoms. The Labute approximate surface area is 170 Å². The zero-order chi connectivity index (χ0) is 19.5. The number of aromatic nitrogens is 3. The van der Waals surface area contributed by atoms with Crippen LogP contribution in [0.4, 0.5) is 5.95 Å². The van der Waals surface area contributed by atoms with Gasteiger partial charge in [0.15, 0.2) is 5.16 Å². The van der Waals surface area contributed by atoms with Crippen LogP contribution in [-0.4, -0.2) is 58.6 Å². The number of anilines is 1. The fraction of sp³-hybridized carbons (Fsp3) is 0.550. The van der Waals surface area contributed by atoms with Gasteiger partial charge in [0.25, 0.3) is 0 Å². The highest BCUT2D eigenvalue weighted by molar-refractivity contribution is 7.99. The molecule has 2 fully saturated rings. The van der Waals surface area contributed by atoms with Crippen LogP contribution in [0, 0.1) is 0 Å². The Morgan fingerprint density at radius 3 is 2.79 bits per heavy atom. The molecule has 2 aliphatic rings. The minimum absolute atomic E-state index is 0.0842. The van der Waals surface area contributed by atoms with E-state index in [9.17, 15) is 4.79 Å². The summed E-state index contributed by atoms with van der Waals surface area (Å²) in [4.78, 5) is 16.7. The number of amides is 1. The largest absolute Gasteiger partial charge is 0.497 e. The van der Waals surface area contributed by atoms with Gasteiger partial charge < -0.3 is 14.5 Å². The van der Waals surface area contributed by atoms with E-state index in [2.05, 4.69) is 19.7 Å². The van der Waals surface area contributed by atoms with Crippen LogP contribution in [-0.2, 0) is 11.3 Å². The first kappa shape index (κ1) is 19.1. The van der Waals surface area contributed by atoms with Gasteiger partial charge in [0, 0.05) is 32.7 Å². The molecule has 0 N–H and O–H groups in total. The van der Waals surface area contributed by atoms with Gasteiger partial charge in [0.05, 0.1) is 12.9 Å². The molecule has 1 aliphatic heterocycles. The third kappa shape index (κ3) is 4.27. The zero-order valence-corrected chi connectivity index (χ0v) is 17.3. The van der Waals surface area contributed by atoms with Crippen LogP contribution in [0.25, 0.3) is 0 Å². The van der Waals surface area contributed by atoms with Gasteiger partial charge in [-0.15, -0.1) is 10.2 Å². The Kier molecular flexibility index (Phi) is 5.75. The van der Waals surface area contributed by atoms with Gasteiger partial charge in [-0.1, -0.05) is 23.9 Å². The highest BCUT2D eigenvalue weighted by atomic mass is 32.2. The molecule has 4 rings (SSSR count). The van der Waals surface area contributed by atoms with Gasteiger partial charge in [-0.3, -0.25) is 9.36 Å². The van der Waals surface area contributed by atoms with E-state index in [-0.39, 0.29) is 5.91 Å². The number of ether oxygens (including phenoxy) is 1. The van der Waals surface area contributed by atoms with E-state index in [0.29, 0.717) is 18.3 Å². The molecular weight excluding hydrogens is 374 g/mol. The lowest BCUT2D eigenvalue weighted by molar-refractivity contribution is -0.127. The molecule has 2 aromatic rings. The molecule has 2 heterocycles. The number of hydrogen-bond acceptors (Lipinski definition) is 6. The molecule has 0 atom stereocenters. The van der Waals surface area contributed by atoms with Crippen molar-refractivity contribution in [3.05, 3.63) is 29.8 Å². The lowest BCUT2D eigenvalue weighted by Gasteiger charge is -2.19. The van der Waals surface area contributed by atoms with Gasteiger partial charge in [-0.05, 0) is 43.4 Å². The molecule has 1 aromatic carbocycles. The van der Waals surface area contributed by atoms with E-state index in [0.717, 1.165) is 35.5 Å². The highest BCUT2D eigenvalue weighted by Crippen LogP contribution is 2.41. The van der Waals surface area contributed by atoms with Crippen molar-refractivity contribution in [1.82, 2.24) is 19.7 Å². The van der Waals surface area contributed by atoms with Gasteiger partial charge in [0.2, 0.25) is 11.9 Å². The van der Waals surface area contributed by atoms with Crippen LogP contribution in [0.2, 0.25) is 0 Å². The summed E-state index contributed by atoms with van der Waals surface area (Å²) >= 11 is 1.50. The Hall–Kier alpha value is -2.22. The third-order valence-electron chi connectivity index (χ3n) is 5.25. The van der Waals surface area contributed by atoms with E-state index in [1.807, 2.05) is 31.3 Å². The fourth-order valence-electron chi connectivity index (χ4n) is 3.52. The lowest BCUT2D eigenvalue weighted by Crippen LogP contribution is -2.28. The predicted molar refractivity (Wildman–Crippen MR) is 110 cm³/mol. The Bertz CT molecular complexity index is 830. The number of carbonyl (C=O) groups excluding carboxylic acids is 1. The summed E-state index contributed by atoms with van der Waals surface area (Å²) in [5.41, 5.74) is 1.05. The Morgan fingerprint density at radius 1 is 1.29 bits per heavy atom. The molecule has 1 saturated carbocycles. The summed E-state index contributed by atoms with van der Waals surface area (Å²) in [6.45, 7) is 2.67. The molecule has 0 radical (unpaired) electrons. The number of hydrogen-bond donors (Lipinski definition) is 0. The SMILES string of the molecule is COc1cccc(CN(C)C(=O)CSc2nnc(N3CCCC3)n2C2CC2)c1. The van der Waals surface area contributed by atoms with Crippen LogP contribution in [0.15, 0.2) is 29.4 Å². The van der Waals surface area contributed by atoms with Crippen molar-refractivity contribution in [2.75, 3.05) is 37.9 Å². The van der Waals surface area contributed by atoms with Crippen molar-refractivity contribution in [2.45, 2.75) is 43.4 Å². The number of thioether (sulfide) groups is 1. The molecule has 1 amide bonds. The van der Waals surface area contributed by atoms with E-state index in [1.165, 1.54) is 37.4 Å². The number of carbonyl (C=O) groups is 1. The molecule has 1 aliphatic carbocycles. The molecular formula is C20H27N5O2S. The Morgan fingerprint density at radius 2 is 2.07 bits per heavy atom. The monoisotopic (exact) mass is 401 g/mol. The topological polar surface area (TPSA) is 63.5 Å². The average Bonchev–Trinajstić information content (AvgIpc) is 3.23. The van der Waals surface area contributed by atoms with E-state index < -0.39 is 0 Å². The summed E-state index contributed by atoms with van der Waals surface area (Å²) in [7, 11) is 3.49. The molecule has 0 bridgehead atoms. The first-order valence-corrected chi connectivity index (χ1v) is 10.8. The summed E-state index contributed by atoms with van der Waals surface area (Å²) in [5, 5.41) is 9.72. The van der Waals surface area contributed by atoms with E-state index >= 15 is 0 Å². The summed E-state index contributed by atoms with van der Waals surface area (Å²) in [6.07, 6.45) is 4.79. The second-order valence-electron chi connectivity index (χ2n) is 7.47. The molecule has 150 valence electrons. The standard InChI is InChI=1S/C20H27N5O2S/c1-23(13-15-6-5-7-17(12-15)27-2)18(26)14-28-20-22-21-19(24-10-3-4-11-24)25(20)16-8-9-16/h5-7,12,16H,3-4,8-11,13-14H2,1-2H3. The normalized spacial score (nSPS) is 16.4. The van der Waals surface area contributed by atoms with Crippen molar-refractivity contribution in [3.63, 3.8) is 0 Å². The molecule has 8 heteroatoms. The summed E-state index contributed by atoms with van der Waals surface area (Å²) in [6, 6.07) is 8.31. The molecule has 1 aromatic heterocycles. The van der Waals surface area contributed by atoms with Gasteiger partial charge >= 0.3 is 0 Å². The maximum absolute atomic E-state index is 12.6. The molecule has 0 unspecified atom stereocenters. The van der Waals surface area contributed by atoms with Crippen LogP contribution in [0.1, 0.15) is 37.3 Å². The van der Waals surface area contributed by atoms with Crippen LogP contribution in [0.3, 0.4) is 0 Å². The predicted octanol–water partition coefficient (Wildman–Crippen LogP) is 2.97. The molecule has 0 spiro atoms. The van der Waals surface area contributed by atoms with E-state index in [1.54, 1.807) is 12.0 Å². The summed E-state index contributed by atoms with van der Waals surface area (Å²) < 4.78 is 7.51. The number of methoxy groups -OCH3 is 1. The minimum atomic E-state index is 0.0842. The van der Waals surface area contributed by atoms with Crippen LogP contribution in [0.5, 0.6) is 5.75 Å². The second-order valence-corrected chi connectivity index (χ2v) is 8.41. The fourth-order valence-corrected chi connectivity index (χ4v) is 4.46. The van der Waals surface area contributed by atoms with E-state index in [4.69, 9.17) is 4.74 Å². The smallest absolute Gasteiger partial charge is 0.233 e. The minimum Gasteiger partial charge on any atom is -0.497 e. The van der Waals surface area contributed by atoms with Gasteiger partial charge in [-0.25, -0.2) is 0 Å². The van der Waals surface area contributed by atoms with Gasteiger partial charge in [0.1, 0.15) is 5.75 Å². The highest BCUT2D eigenvalue weighted by Gasteiger charge is 2.32. The average molecular weight is 402 g/mol. The van der Waals surface area contributed by atoms with Crippen molar-refractivity contribution >= 4 is 23.6 Å². The van der Waals surface area contributed by atoms with Crippen molar-refractivity contribution in [3.8, 4) is 5.75 Å².